The summed E-state index contributed by atoms with van der Waals surface area (Å²) < 4.78 is 0. The van der Waals surface area contributed by atoms with Gasteiger partial charge in [-0.3, -0.25) is 9.59 Å². The predicted octanol–water partition coefficient (Wildman–Crippen LogP) is 3.04. The number of aryl methyl sites for hydroxylation is 1. The molecule has 5 heteroatoms. The molecule has 1 aromatic rings. The molecule has 0 saturated carbocycles. The first-order chi connectivity index (χ1) is 9.36. The van der Waals surface area contributed by atoms with Crippen LogP contribution in [0, 0.1) is 6.92 Å². The molecule has 110 valence electrons. The summed E-state index contributed by atoms with van der Waals surface area (Å²) in [6, 6.07) is 5.75. The molecule has 0 spiro atoms. The molecule has 0 aliphatic carbocycles. The van der Waals surface area contributed by atoms with Crippen molar-refractivity contribution in [2.24, 2.45) is 0 Å². The predicted molar refractivity (Wildman–Crippen MR) is 81.4 cm³/mol. The molecule has 1 aromatic carbocycles. The molecule has 0 aliphatic rings. The Bertz CT molecular complexity index is 500. The molecule has 0 heterocycles. The third kappa shape index (κ3) is 4.27. The van der Waals surface area contributed by atoms with Crippen molar-refractivity contribution in [3.05, 3.63) is 29.3 Å². The third-order valence-electron chi connectivity index (χ3n) is 3.13. The van der Waals surface area contributed by atoms with Crippen LogP contribution in [-0.2, 0) is 4.79 Å². The molecule has 0 fully saturated rings. The number of carbonyl (C=O) groups is 2. The van der Waals surface area contributed by atoms with E-state index in [1.807, 2.05) is 45.2 Å². The van der Waals surface area contributed by atoms with Crippen LogP contribution >= 0.6 is 11.8 Å². The number of thioether (sulfide) groups is 1. The Morgan fingerprint density at radius 1 is 1.35 bits per heavy atom. The van der Waals surface area contributed by atoms with Crippen molar-refractivity contribution in [1.29, 1.82) is 0 Å². The van der Waals surface area contributed by atoms with Crippen LogP contribution in [0.2, 0.25) is 0 Å². The minimum absolute atomic E-state index is 0.0285. The highest BCUT2D eigenvalue weighted by molar-refractivity contribution is 7.98. The van der Waals surface area contributed by atoms with Crippen LogP contribution in [0.25, 0.3) is 0 Å². The Morgan fingerprint density at radius 3 is 2.50 bits per heavy atom. The first kappa shape index (κ1) is 16.6. The van der Waals surface area contributed by atoms with Crippen molar-refractivity contribution in [1.82, 2.24) is 4.90 Å². The van der Waals surface area contributed by atoms with Gasteiger partial charge in [0.2, 0.25) is 0 Å². The quantitative estimate of drug-likeness (QED) is 0.820. The molecule has 0 aromatic heterocycles. The van der Waals surface area contributed by atoms with Crippen LogP contribution in [0.3, 0.4) is 0 Å². The van der Waals surface area contributed by atoms with Crippen LogP contribution < -0.4 is 0 Å². The SMILES string of the molecule is CSc1ccc(C)c(C(=O)N(CCC(=O)O)C(C)C)c1. The first-order valence-corrected chi connectivity index (χ1v) is 7.76. The number of carboxylic acid groups (broad SMARTS) is 1. The maximum atomic E-state index is 12.6. The zero-order chi connectivity index (χ0) is 15.3. The van der Waals surface area contributed by atoms with Gasteiger partial charge in [0.1, 0.15) is 0 Å². The molecule has 1 rings (SSSR count). The Labute approximate surface area is 124 Å². The molecule has 20 heavy (non-hydrogen) atoms. The summed E-state index contributed by atoms with van der Waals surface area (Å²) >= 11 is 1.58. The fourth-order valence-corrected chi connectivity index (χ4v) is 2.36. The summed E-state index contributed by atoms with van der Waals surface area (Å²) in [6.07, 6.45) is 1.93. The van der Waals surface area contributed by atoms with E-state index in [9.17, 15) is 9.59 Å². The van der Waals surface area contributed by atoms with Crippen LogP contribution in [0.15, 0.2) is 23.1 Å². The highest BCUT2D eigenvalue weighted by Gasteiger charge is 2.21. The molecule has 0 unspecified atom stereocenters. The summed E-state index contributed by atoms with van der Waals surface area (Å²) in [4.78, 5) is 26.0. The van der Waals surface area contributed by atoms with E-state index in [0.29, 0.717) is 5.56 Å². The van der Waals surface area contributed by atoms with Crippen LogP contribution in [0.5, 0.6) is 0 Å². The zero-order valence-electron chi connectivity index (χ0n) is 12.3. The van der Waals surface area contributed by atoms with Gasteiger partial charge in [-0.1, -0.05) is 6.07 Å². The molecule has 0 aliphatic heterocycles. The van der Waals surface area contributed by atoms with E-state index < -0.39 is 5.97 Å². The van der Waals surface area contributed by atoms with Crippen molar-refractivity contribution in [3.8, 4) is 0 Å². The molecule has 0 saturated heterocycles. The molecular formula is C15H21NO3S. The van der Waals surface area contributed by atoms with E-state index in [1.165, 1.54) is 0 Å². The molecule has 0 radical (unpaired) electrons. The Morgan fingerprint density at radius 2 is 2.00 bits per heavy atom. The molecular weight excluding hydrogens is 274 g/mol. The molecule has 1 amide bonds. The molecule has 0 atom stereocenters. The Hall–Kier alpha value is -1.49. The van der Waals surface area contributed by atoms with Gasteiger partial charge in [0.05, 0.1) is 6.42 Å². The van der Waals surface area contributed by atoms with E-state index in [-0.39, 0.29) is 24.9 Å². The lowest BCUT2D eigenvalue weighted by Crippen LogP contribution is -2.38. The molecule has 1 N–H and O–H groups in total. The number of carboxylic acids is 1. The average Bonchev–Trinajstić information content (AvgIpc) is 2.38. The number of rotatable bonds is 6. The summed E-state index contributed by atoms with van der Waals surface area (Å²) in [5.41, 5.74) is 1.56. The Balaban J connectivity index is 3.02. The van der Waals surface area contributed by atoms with E-state index in [1.54, 1.807) is 16.7 Å². The average molecular weight is 295 g/mol. The van der Waals surface area contributed by atoms with Gasteiger partial charge in [0, 0.05) is 23.0 Å². The van der Waals surface area contributed by atoms with Crippen molar-refractivity contribution in [2.45, 2.75) is 38.1 Å². The van der Waals surface area contributed by atoms with Crippen LogP contribution in [0.1, 0.15) is 36.2 Å². The Kier molecular flexibility index (Phi) is 6.07. The second kappa shape index (κ2) is 7.33. The number of aliphatic carboxylic acids is 1. The number of carbonyl (C=O) groups excluding carboxylic acids is 1. The highest BCUT2D eigenvalue weighted by atomic mass is 32.2. The van der Waals surface area contributed by atoms with Crippen molar-refractivity contribution in [3.63, 3.8) is 0 Å². The summed E-state index contributed by atoms with van der Waals surface area (Å²) in [5, 5.41) is 8.79. The van der Waals surface area contributed by atoms with E-state index in [4.69, 9.17) is 5.11 Å². The number of nitrogens with zero attached hydrogens (tertiary/aromatic N) is 1. The zero-order valence-corrected chi connectivity index (χ0v) is 13.2. The number of benzene rings is 1. The highest BCUT2D eigenvalue weighted by Crippen LogP contribution is 2.21. The second-order valence-corrected chi connectivity index (χ2v) is 5.80. The monoisotopic (exact) mass is 295 g/mol. The lowest BCUT2D eigenvalue weighted by atomic mass is 10.1. The lowest BCUT2D eigenvalue weighted by Gasteiger charge is -2.27. The maximum absolute atomic E-state index is 12.6. The lowest BCUT2D eigenvalue weighted by molar-refractivity contribution is -0.137. The van der Waals surface area contributed by atoms with Gasteiger partial charge in [0.15, 0.2) is 0 Å². The van der Waals surface area contributed by atoms with Gasteiger partial charge in [-0.2, -0.15) is 0 Å². The standard InChI is InChI=1S/C15H21NO3S/c1-10(2)16(8-7-14(17)18)15(19)13-9-12(20-4)6-5-11(13)3/h5-6,9-10H,7-8H2,1-4H3,(H,17,18). The maximum Gasteiger partial charge on any atom is 0.305 e. The second-order valence-electron chi connectivity index (χ2n) is 4.92. The van der Waals surface area contributed by atoms with E-state index in [0.717, 1.165) is 10.5 Å². The largest absolute Gasteiger partial charge is 0.481 e. The first-order valence-electron chi connectivity index (χ1n) is 6.54. The third-order valence-corrected chi connectivity index (χ3v) is 3.85. The topological polar surface area (TPSA) is 57.6 Å². The molecule has 0 bridgehead atoms. The summed E-state index contributed by atoms with van der Waals surface area (Å²) in [5.74, 6) is -0.993. The number of hydrogen-bond acceptors (Lipinski definition) is 3. The van der Waals surface area contributed by atoms with E-state index >= 15 is 0 Å². The van der Waals surface area contributed by atoms with Crippen LogP contribution in [-0.4, -0.2) is 40.7 Å². The van der Waals surface area contributed by atoms with Crippen molar-refractivity contribution in [2.75, 3.05) is 12.8 Å². The number of amides is 1. The van der Waals surface area contributed by atoms with Crippen molar-refractivity contribution < 1.29 is 14.7 Å². The van der Waals surface area contributed by atoms with Gasteiger partial charge in [-0.05, 0) is 44.7 Å². The van der Waals surface area contributed by atoms with Gasteiger partial charge in [0.25, 0.3) is 5.91 Å². The van der Waals surface area contributed by atoms with Gasteiger partial charge in [-0.15, -0.1) is 11.8 Å². The summed E-state index contributed by atoms with van der Waals surface area (Å²) in [7, 11) is 0. The molecule has 4 nitrogen and oxygen atoms in total. The number of hydrogen-bond donors (Lipinski definition) is 1. The summed E-state index contributed by atoms with van der Waals surface area (Å²) in [6.45, 7) is 5.92. The van der Waals surface area contributed by atoms with Crippen LogP contribution in [0.4, 0.5) is 0 Å². The smallest absolute Gasteiger partial charge is 0.305 e. The fraction of sp³-hybridized carbons (Fsp3) is 0.467. The fourth-order valence-electron chi connectivity index (χ4n) is 1.92. The van der Waals surface area contributed by atoms with Gasteiger partial charge < -0.3 is 10.0 Å². The van der Waals surface area contributed by atoms with E-state index in [2.05, 4.69) is 0 Å². The van der Waals surface area contributed by atoms with Gasteiger partial charge >= 0.3 is 5.97 Å². The minimum Gasteiger partial charge on any atom is -0.481 e. The van der Waals surface area contributed by atoms with Gasteiger partial charge in [-0.25, -0.2) is 0 Å². The van der Waals surface area contributed by atoms with Crippen molar-refractivity contribution >= 4 is 23.6 Å². The minimum atomic E-state index is -0.891. The normalized spacial score (nSPS) is 10.7.